The van der Waals surface area contributed by atoms with Crippen molar-refractivity contribution in [3.05, 3.63) is 35.5 Å². The van der Waals surface area contributed by atoms with E-state index in [-0.39, 0.29) is 23.7 Å². The van der Waals surface area contributed by atoms with Gasteiger partial charge in [-0.2, -0.15) is 18.3 Å². The van der Waals surface area contributed by atoms with Crippen LogP contribution in [0.15, 0.2) is 24.4 Å². The molecule has 3 aliphatic heterocycles. The van der Waals surface area contributed by atoms with Gasteiger partial charge in [0, 0.05) is 32.1 Å². The van der Waals surface area contributed by atoms with Gasteiger partial charge in [0.25, 0.3) is 5.91 Å². The van der Waals surface area contributed by atoms with Crippen LogP contribution in [0.4, 0.5) is 19.0 Å². The number of hydrogen-bond donors (Lipinski definition) is 1. The van der Waals surface area contributed by atoms with Gasteiger partial charge in [0.1, 0.15) is 11.4 Å². The first-order chi connectivity index (χ1) is 16.3. The highest BCUT2D eigenvalue weighted by atomic mass is 19.4. The fraction of sp³-hybridized carbons (Fsp3) is 0.565. The summed E-state index contributed by atoms with van der Waals surface area (Å²) in [5.74, 6) is 0.734. The van der Waals surface area contributed by atoms with Gasteiger partial charge in [-0.15, -0.1) is 0 Å². The van der Waals surface area contributed by atoms with Crippen LogP contribution in [-0.4, -0.2) is 78.1 Å². The number of methoxy groups -OCH3 is 2. The second-order valence-corrected chi connectivity index (χ2v) is 9.04. The molecule has 1 aromatic carbocycles. The smallest absolute Gasteiger partial charge is 0.410 e. The van der Waals surface area contributed by atoms with Gasteiger partial charge >= 0.3 is 6.18 Å². The average molecular weight is 480 g/mol. The minimum atomic E-state index is -4.52. The number of ether oxygens (including phenoxy) is 2. The molecule has 0 spiro atoms. The van der Waals surface area contributed by atoms with Crippen molar-refractivity contribution in [2.45, 2.75) is 43.6 Å². The Labute approximate surface area is 195 Å². The molecule has 2 saturated heterocycles. The summed E-state index contributed by atoms with van der Waals surface area (Å²) in [6.07, 6.45) is -1.37. The first kappa shape index (κ1) is 22.8. The number of fused-ring (bicyclic) bond motifs is 2. The van der Waals surface area contributed by atoms with Crippen molar-refractivity contribution in [2.75, 3.05) is 45.7 Å². The Kier molecular flexibility index (Phi) is 5.83. The predicted molar refractivity (Wildman–Crippen MR) is 118 cm³/mol. The van der Waals surface area contributed by atoms with Crippen molar-refractivity contribution in [3.63, 3.8) is 0 Å². The third kappa shape index (κ3) is 3.95. The van der Waals surface area contributed by atoms with Gasteiger partial charge in [-0.3, -0.25) is 9.69 Å². The molecule has 34 heavy (non-hydrogen) atoms. The quantitative estimate of drug-likeness (QED) is 0.724. The molecule has 0 saturated carbocycles. The number of benzene rings is 1. The summed E-state index contributed by atoms with van der Waals surface area (Å²) < 4.78 is 53.7. The Bertz CT molecular complexity index is 1070. The van der Waals surface area contributed by atoms with E-state index in [4.69, 9.17) is 9.47 Å². The molecule has 0 aliphatic carbocycles. The number of hydrogen-bond acceptors (Lipinski definition) is 6. The van der Waals surface area contributed by atoms with Crippen LogP contribution in [0.5, 0.6) is 11.5 Å². The van der Waals surface area contributed by atoms with Gasteiger partial charge in [-0.05, 0) is 37.1 Å². The zero-order chi connectivity index (χ0) is 24.0. The molecule has 0 radical (unpaired) electrons. The highest BCUT2D eigenvalue weighted by Crippen LogP contribution is 2.45. The molecule has 3 atom stereocenters. The number of rotatable bonds is 4. The first-order valence-corrected chi connectivity index (χ1v) is 11.5. The number of carbonyl (C=O) groups is 1. The molecule has 3 aliphatic rings. The van der Waals surface area contributed by atoms with Crippen LogP contribution in [0.2, 0.25) is 0 Å². The highest BCUT2D eigenvalue weighted by molar-refractivity contribution is 5.99. The van der Waals surface area contributed by atoms with E-state index in [2.05, 4.69) is 15.3 Å². The molecule has 2 aromatic rings. The zero-order valence-corrected chi connectivity index (χ0v) is 19.1. The molecule has 0 bridgehead atoms. The third-order valence-corrected chi connectivity index (χ3v) is 7.15. The number of piperazine rings is 1. The number of carbonyl (C=O) groups excluding carboxylic acids is 1. The third-order valence-electron chi connectivity index (χ3n) is 7.15. The highest BCUT2D eigenvalue weighted by Gasteiger charge is 2.48. The lowest BCUT2D eigenvalue weighted by Gasteiger charge is -2.38. The van der Waals surface area contributed by atoms with Crippen molar-refractivity contribution in [1.29, 1.82) is 0 Å². The predicted octanol–water partition coefficient (Wildman–Crippen LogP) is 3.48. The van der Waals surface area contributed by atoms with Gasteiger partial charge in [0.2, 0.25) is 0 Å². The maximum absolute atomic E-state index is 14.1. The number of anilines is 1. The van der Waals surface area contributed by atoms with E-state index >= 15 is 0 Å². The van der Waals surface area contributed by atoms with Crippen molar-refractivity contribution in [2.24, 2.45) is 0 Å². The monoisotopic (exact) mass is 479 g/mol. The standard InChI is InChI=1S/C23H28F3N5O3/c1-33-18-6-5-14(10-19(18)34-2)17-11-20(23(24,25)26)31-21(28-17)16(12-27-31)22(32)30-9-8-29-7-3-4-15(29)13-30/h5-6,10,12,15,17,20,28H,3-4,7-9,11,13H2,1-2H3/t15-,17+,20+/m1/s1. The van der Waals surface area contributed by atoms with Crippen LogP contribution in [0.3, 0.4) is 0 Å². The second-order valence-electron chi connectivity index (χ2n) is 9.04. The van der Waals surface area contributed by atoms with E-state index < -0.39 is 18.3 Å². The van der Waals surface area contributed by atoms with E-state index in [1.54, 1.807) is 23.1 Å². The van der Waals surface area contributed by atoms with E-state index in [1.807, 2.05) is 0 Å². The lowest BCUT2D eigenvalue weighted by Crippen LogP contribution is -2.52. The normalized spacial score (nSPS) is 24.9. The summed E-state index contributed by atoms with van der Waals surface area (Å²) >= 11 is 0. The molecule has 4 heterocycles. The number of alkyl halides is 3. The molecule has 2 fully saturated rings. The molecular formula is C23H28F3N5O3. The average Bonchev–Trinajstić information content (AvgIpc) is 3.48. The first-order valence-electron chi connectivity index (χ1n) is 11.5. The summed E-state index contributed by atoms with van der Waals surface area (Å²) in [7, 11) is 2.97. The van der Waals surface area contributed by atoms with Crippen LogP contribution in [-0.2, 0) is 0 Å². The SMILES string of the molecule is COc1ccc([C@@H]2C[C@@H](C(F)(F)F)n3ncc(C(=O)N4CCN5CCC[C@@H]5C4)c3N2)cc1OC. The second kappa shape index (κ2) is 8.68. The number of nitrogens with one attached hydrogen (secondary N) is 1. The van der Waals surface area contributed by atoms with E-state index in [0.29, 0.717) is 36.2 Å². The fourth-order valence-electron chi connectivity index (χ4n) is 5.35. The fourth-order valence-corrected chi connectivity index (χ4v) is 5.35. The summed E-state index contributed by atoms with van der Waals surface area (Å²) in [4.78, 5) is 17.5. The van der Waals surface area contributed by atoms with E-state index in [0.717, 1.165) is 30.6 Å². The Hall–Kier alpha value is -2.95. The Morgan fingerprint density at radius 3 is 2.68 bits per heavy atom. The van der Waals surface area contributed by atoms with Crippen molar-refractivity contribution < 1.29 is 27.4 Å². The number of nitrogens with zero attached hydrogens (tertiary/aromatic N) is 4. The molecule has 8 nitrogen and oxygen atoms in total. The Balaban J connectivity index is 1.47. The Morgan fingerprint density at radius 2 is 1.94 bits per heavy atom. The van der Waals surface area contributed by atoms with Gasteiger partial charge in [0.15, 0.2) is 17.5 Å². The minimum Gasteiger partial charge on any atom is -0.493 e. The van der Waals surface area contributed by atoms with Gasteiger partial charge < -0.3 is 19.7 Å². The van der Waals surface area contributed by atoms with Gasteiger partial charge in [-0.1, -0.05) is 6.07 Å². The Morgan fingerprint density at radius 1 is 1.15 bits per heavy atom. The number of halogens is 3. The molecule has 0 unspecified atom stereocenters. The molecule has 184 valence electrons. The summed E-state index contributed by atoms with van der Waals surface area (Å²) in [5.41, 5.74) is 0.781. The molecule has 11 heteroatoms. The van der Waals surface area contributed by atoms with Crippen LogP contribution in [0.25, 0.3) is 0 Å². The summed E-state index contributed by atoms with van der Waals surface area (Å²) in [6.45, 7) is 2.97. The lowest BCUT2D eigenvalue weighted by atomic mass is 9.96. The van der Waals surface area contributed by atoms with E-state index in [9.17, 15) is 18.0 Å². The summed E-state index contributed by atoms with van der Waals surface area (Å²) in [6, 6.07) is 2.82. The van der Waals surface area contributed by atoms with E-state index in [1.165, 1.54) is 20.4 Å². The molecular weight excluding hydrogens is 451 g/mol. The topological polar surface area (TPSA) is 71.9 Å². The summed E-state index contributed by atoms with van der Waals surface area (Å²) in [5, 5.41) is 7.17. The largest absolute Gasteiger partial charge is 0.493 e. The number of amides is 1. The van der Waals surface area contributed by atoms with Crippen molar-refractivity contribution in [3.8, 4) is 11.5 Å². The van der Waals surface area contributed by atoms with Gasteiger partial charge in [-0.25, -0.2) is 4.68 Å². The maximum atomic E-state index is 14.1. The van der Waals surface area contributed by atoms with Crippen molar-refractivity contribution in [1.82, 2.24) is 19.6 Å². The van der Waals surface area contributed by atoms with Crippen LogP contribution in [0.1, 0.15) is 47.3 Å². The molecule has 1 aromatic heterocycles. The lowest BCUT2D eigenvalue weighted by molar-refractivity contribution is -0.173. The van der Waals surface area contributed by atoms with Crippen molar-refractivity contribution >= 4 is 11.7 Å². The van der Waals surface area contributed by atoms with Crippen LogP contribution < -0.4 is 14.8 Å². The number of aromatic nitrogens is 2. The molecule has 5 rings (SSSR count). The van der Waals surface area contributed by atoms with Crippen LogP contribution >= 0.6 is 0 Å². The minimum absolute atomic E-state index is 0.104. The zero-order valence-electron chi connectivity index (χ0n) is 19.1. The molecule has 1 N–H and O–H groups in total. The maximum Gasteiger partial charge on any atom is 0.410 e. The molecule has 1 amide bonds. The van der Waals surface area contributed by atoms with Gasteiger partial charge in [0.05, 0.1) is 26.5 Å². The van der Waals surface area contributed by atoms with Crippen LogP contribution in [0, 0.1) is 0 Å².